The van der Waals surface area contributed by atoms with E-state index in [0.29, 0.717) is 11.1 Å². The zero-order chi connectivity index (χ0) is 9.68. The van der Waals surface area contributed by atoms with Gasteiger partial charge in [-0.2, -0.15) is 0 Å². The predicted octanol–water partition coefficient (Wildman–Crippen LogP) is 3.19. The van der Waals surface area contributed by atoms with Gasteiger partial charge >= 0.3 is 0 Å². The summed E-state index contributed by atoms with van der Waals surface area (Å²) in [6, 6.07) is 0. The molecule has 0 aromatic carbocycles. The van der Waals surface area contributed by atoms with E-state index in [1.807, 2.05) is 6.20 Å². The molecule has 0 N–H and O–H groups in total. The average molecular weight is 329 g/mol. The van der Waals surface area contributed by atoms with Crippen LogP contribution >= 0.6 is 46.0 Å². The highest BCUT2D eigenvalue weighted by atomic mass is 127. The van der Waals surface area contributed by atoms with Crippen LogP contribution in [-0.2, 0) is 0 Å². The van der Waals surface area contributed by atoms with E-state index >= 15 is 0 Å². The monoisotopic (exact) mass is 328 g/mol. The van der Waals surface area contributed by atoms with Gasteiger partial charge in [-0.15, -0.1) is 23.4 Å². The second-order valence-corrected chi connectivity index (χ2v) is 5.55. The van der Waals surface area contributed by atoms with Gasteiger partial charge in [0, 0.05) is 17.3 Å². The lowest BCUT2D eigenvalue weighted by Crippen LogP contribution is -1.98. The maximum atomic E-state index is 5.65. The molecule has 1 aromatic rings. The summed E-state index contributed by atoms with van der Waals surface area (Å²) in [5.41, 5.74) is 0. The van der Waals surface area contributed by atoms with Crippen molar-refractivity contribution >= 4 is 46.0 Å². The Hall–Kier alpha value is 0.450. The molecule has 0 aliphatic heterocycles. The van der Waals surface area contributed by atoms with E-state index < -0.39 is 0 Å². The first kappa shape index (κ1) is 11.5. The number of aromatic nitrogens is 2. The second-order valence-electron chi connectivity index (χ2n) is 2.58. The molecule has 0 aliphatic carbocycles. The molecule has 72 valence electrons. The Morgan fingerprint density at radius 2 is 2.46 bits per heavy atom. The van der Waals surface area contributed by atoms with Gasteiger partial charge in [-0.1, -0.05) is 6.92 Å². The molecule has 1 unspecified atom stereocenters. The van der Waals surface area contributed by atoms with Gasteiger partial charge in [-0.05, 0) is 29.0 Å². The minimum absolute atomic E-state index is 0.515. The molecule has 0 saturated heterocycles. The molecule has 0 amide bonds. The Bertz CT molecular complexity index is 272. The summed E-state index contributed by atoms with van der Waals surface area (Å²) in [7, 11) is 0. The van der Waals surface area contributed by atoms with Crippen LogP contribution in [0.25, 0.3) is 0 Å². The van der Waals surface area contributed by atoms with Crippen LogP contribution in [0.5, 0.6) is 0 Å². The largest absolute Gasteiger partial charge is 0.244 e. The fourth-order valence-corrected chi connectivity index (χ4v) is 2.82. The summed E-state index contributed by atoms with van der Waals surface area (Å²) in [6.45, 7) is 2.16. The van der Waals surface area contributed by atoms with Crippen LogP contribution in [0, 0.1) is 3.57 Å². The van der Waals surface area contributed by atoms with E-state index in [4.69, 9.17) is 11.6 Å². The zero-order valence-electron chi connectivity index (χ0n) is 7.20. The Morgan fingerprint density at radius 1 is 1.69 bits per heavy atom. The lowest BCUT2D eigenvalue weighted by Gasteiger charge is -2.08. The van der Waals surface area contributed by atoms with Gasteiger partial charge in [0.25, 0.3) is 0 Å². The van der Waals surface area contributed by atoms with Crippen LogP contribution in [0.2, 0.25) is 0 Å². The first-order valence-electron chi connectivity index (χ1n) is 3.92. The van der Waals surface area contributed by atoms with E-state index in [0.717, 1.165) is 15.0 Å². The number of alkyl halides is 1. The van der Waals surface area contributed by atoms with Gasteiger partial charge in [-0.3, -0.25) is 0 Å². The zero-order valence-corrected chi connectivity index (χ0v) is 10.9. The van der Waals surface area contributed by atoms with Gasteiger partial charge in [0.05, 0.1) is 3.57 Å². The molecule has 13 heavy (non-hydrogen) atoms. The number of nitrogens with zero attached hydrogens (tertiary/aromatic N) is 2. The van der Waals surface area contributed by atoms with Crippen molar-refractivity contribution in [1.29, 1.82) is 0 Å². The van der Waals surface area contributed by atoms with Crippen LogP contribution in [-0.4, -0.2) is 21.1 Å². The van der Waals surface area contributed by atoms with Crippen LogP contribution < -0.4 is 0 Å². The maximum absolute atomic E-state index is 5.65. The predicted molar refractivity (Wildman–Crippen MR) is 65.4 cm³/mol. The molecule has 0 fully saturated rings. The first-order valence-corrected chi connectivity index (χ1v) is 6.41. The van der Waals surface area contributed by atoms with Gasteiger partial charge in [0.2, 0.25) is 0 Å². The molecule has 1 aromatic heterocycles. The van der Waals surface area contributed by atoms with Crippen molar-refractivity contribution in [2.75, 3.05) is 5.88 Å². The van der Waals surface area contributed by atoms with Crippen molar-refractivity contribution in [3.8, 4) is 0 Å². The van der Waals surface area contributed by atoms with Crippen LogP contribution in [0.1, 0.15) is 13.3 Å². The van der Waals surface area contributed by atoms with E-state index in [2.05, 4.69) is 39.5 Å². The van der Waals surface area contributed by atoms with Crippen molar-refractivity contribution in [3.63, 3.8) is 0 Å². The molecule has 0 saturated carbocycles. The van der Waals surface area contributed by atoms with Crippen molar-refractivity contribution in [2.24, 2.45) is 0 Å². The maximum Gasteiger partial charge on any atom is 0.116 e. The summed E-state index contributed by atoms with van der Waals surface area (Å²) in [5.74, 6) is 0.704. The number of rotatable bonds is 4. The third-order valence-electron chi connectivity index (χ3n) is 1.46. The Labute approximate surface area is 101 Å². The number of thioether (sulfide) groups is 1. The fourth-order valence-electron chi connectivity index (χ4n) is 0.791. The minimum atomic E-state index is 0.515. The van der Waals surface area contributed by atoms with Crippen molar-refractivity contribution in [1.82, 2.24) is 9.97 Å². The lowest BCUT2D eigenvalue weighted by molar-refractivity contribution is 0.902. The van der Waals surface area contributed by atoms with Crippen LogP contribution in [0.4, 0.5) is 0 Å². The molecule has 1 rings (SSSR count). The van der Waals surface area contributed by atoms with E-state index in [9.17, 15) is 0 Å². The minimum Gasteiger partial charge on any atom is -0.244 e. The lowest BCUT2D eigenvalue weighted by atomic mass is 10.4. The smallest absolute Gasteiger partial charge is 0.116 e. The Balaban J connectivity index is 2.58. The fraction of sp³-hybridized carbons (Fsp3) is 0.500. The molecule has 0 radical (unpaired) electrons. The number of halogens is 2. The molecule has 1 heterocycles. The summed E-state index contributed by atoms with van der Waals surface area (Å²) < 4.78 is 1.10. The second kappa shape index (κ2) is 6.03. The molecular formula is C8H10ClIN2S. The van der Waals surface area contributed by atoms with E-state index in [1.165, 1.54) is 0 Å². The molecule has 5 heteroatoms. The molecule has 0 spiro atoms. The van der Waals surface area contributed by atoms with Gasteiger partial charge in [0.15, 0.2) is 0 Å². The van der Waals surface area contributed by atoms with Crippen molar-refractivity contribution in [3.05, 3.63) is 16.1 Å². The van der Waals surface area contributed by atoms with Gasteiger partial charge in [0.1, 0.15) is 11.4 Å². The van der Waals surface area contributed by atoms with E-state index in [-0.39, 0.29) is 0 Å². The molecule has 0 bridgehead atoms. The summed E-state index contributed by atoms with van der Waals surface area (Å²) >= 11 is 9.65. The quantitative estimate of drug-likeness (QED) is 0.367. The van der Waals surface area contributed by atoms with Crippen molar-refractivity contribution < 1.29 is 0 Å². The highest BCUT2D eigenvalue weighted by molar-refractivity contribution is 14.1. The highest BCUT2D eigenvalue weighted by Gasteiger charge is 2.07. The molecular weight excluding hydrogens is 319 g/mol. The van der Waals surface area contributed by atoms with Crippen LogP contribution in [0.15, 0.2) is 17.6 Å². The van der Waals surface area contributed by atoms with Crippen LogP contribution in [0.3, 0.4) is 0 Å². The summed E-state index contributed by atoms with van der Waals surface area (Å²) in [4.78, 5) is 8.14. The normalized spacial score (nSPS) is 12.8. The Kier molecular flexibility index (Phi) is 5.35. The standard InChI is InChI=1S/C8H10ClIN2S/c1-6(2-3-9)13-8-7(10)4-11-5-12-8/h4-6H,2-3H2,1H3. The first-order chi connectivity index (χ1) is 6.24. The van der Waals surface area contributed by atoms with E-state index in [1.54, 1.807) is 18.1 Å². The summed E-state index contributed by atoms with van der Waals surface area (Å²) in [6.07, 6.45) is 4.41. The molecule has 2 nitrogen and oxygen atoms in total. The average Bonchev–Trinajstić information content (AvgIpc) is 2.09. The third kappa shape index (κ3) is 3.99. The number of hydrogen-bond acceptors (Lipinski definition) is 3. The van der Waals surface area contributed by atoms with Gasteiger partial charge < -0.3 is 0 Å². The summed E-state index contributed by atoms with van der Waals surface area (Å²) in [5, 5.41) is 1.56. The third-order valence-corrected chi connectivity index (χ3v) is 4.02. The van der Waals surface area contributed by atoms with Crippen molar-refractivity contribution in [2.45, 2.75) is 23.6 Å². The Morgan fingerprint density at radius 3 is 3.08 bits per heavy atom. The van der Waals surface area contributed by atoms with Gasteiger partial charge in [-0.25, -0.2) is 9.97 Å². The highest BCUT2D eigenvalue weighted by Crippen LogP contribution is 2.26. The number of hydrogen-bond donors (Lipinski definition) is 0. The SMILES string of the molecule is CC(CCCl)Sc1ncncc1I. The molecule has 1 atom stereocenters. The topological polar surface area (TPSA) is 25.8 Å². The molecule has 0 aliphatic rings.